The average molecular weight is 340 g/mol. The van der Waals surface area contributed by atoms with Crippen LogP contribution in [0.5, 0.6) is 0 Å². The second-order valence-corrected chi connectivity index (χ2v) is 6.55. The first-order chi connectivity index (χ1) is 12.2. The number of anilines is 1. The summed E-state index contributed by atoms with van der Waals surface area (Å²) < 4.78 is 8.16. The van der Waals surface area contributed by atoms with Crippen LogP contribution < -0.4 is 10.5 Å². The Morgan fingerprint density at radius 1 is 1.24 bits per heavy atom. The van der Waals surface area contributed by atoms with Gasteiger partial charge in [0.1, 0.15) is 12.1 Å². The van der Waals surface area contributed by atoms with E-state index in [0.29, 0.717) is 11.5 Å². The third-order valence-electron chi connectivity index (χ3n) is 4.87. The molecule has 0 aliphatic carbocycles. The van der Waals surface area contributed by atoms with Crippen molar-refractivity contribution in [1.29, 1.82) is 0 Å². The van der Waals surface area contributed by atoms with Gasteiger partial charge in [-0.2, -0.15) is 4.68 Å². The summed E-state index contributed by atoms with van der Waals surface area (Å²) in [4.78, 5) is 23.4. The number of aromatic nitrogens is 7. The van der Waals surface area contributed by atoms with E-state index >= 15 is 0 Å². The van der Waals surface area contributed by atoms with Gasteiger partial charge in [-0.1, -0.05) is 5.21 Å². The van der Waals surface area contributed by atoms with Gasteiger partial charge in [-0.05, 0) is 6.42 Å². The molecule has 0 aromatic carbocycles. The van der Waals surface area contributed by atoms with Crippen LogP contribution in [0.3, 0.4) is 0 Å². The Labute approximate surface area is 142 Å². The third-order valence-corrected chi connectivity index (χ3v) is 4.87. The van der Waals surface area contributed by atoms with E-state index in [0.717, 1.165) is 38.5 Å². The SMILES string of the molecule is O=c1c(-n2ccnn2)c[nH]n1-c1cc(N2CCC3(COC3)C2)ncn1. The normalized spacial score (nSPS) is 18.6. The number of hydrogen-bond acceptors (Lipinski definition) is 7. The van der Waals surface area contributed by atoms with E-state index in [-0.39, 0.29) is 11.0 Å². The maximum absolute atomic E-state index is 12.6. The molecular weight excluding hydrogens is 324 g/mol. The number of rotatable bonds is 3. The molecule has 5 rings (SSSR count). The van der Waals surface area contributed by atoms with Gasteiger partial charge in [-0.3, -0.25) is 9.89 Å². The lowest BCUT2D eigenvalue weighted by molar-refractivity contribution is -0.0985. The predicted octanol–water partition coefficient (Wildman–Crippen LogP) is -0.237. The Balaban J connectivity index is 1.47. The molecule has 0 amide bonds. The highest BCUT2D eigenvalue weighted by atomic mass is 16.5. The Bertz CT molecular complexity index is 956. The highest BCUT2D eigenvalue weighted by molar-refractivity contribution is 5.45. The minimum absolute atomic E-state index is 0.250. The van der Waals surface area contributed by atoms with Crippen LogP contribution in [-0.2, 0) is 4.74 Å². The van der Waals surface area contributed by atoms with Crippen molar-refractivity contribution in [2.24, 2.45) is 5.41 Å². The summed E-state index contributed by atoms with van der Waals surface area (Å²) in [6.45, 7) is 3.49. The van der Waals surface area contributed by atoms with Gasteiger partial charge < -0.3 is 9.64 Å². The molecule has 10 nitrogen and oxygen atoms in total. The smallest absolute Gasteiger partial charge is 0.298 e. The van der Waals surface area contributed by atoms with Crippen LogP contribution in [0.15, 0.2) is 35.8 Å². The highest BCUT2D eigenvalue weighted by Crippen LogP contribution is 2.38. The van der Waals surface area contributed by atoms with Crippen LogP contribution in [0.4, 0.5) is 5.82 Å². The zero-order valence-electron chi connectivity index (χ0n) is 13.4. The zero-order chi connectivity index (χ0) is 16.9. The number of H-pyrrole nitrogens is 1. The van der Waals surface area contributed by atoms with Crippen LogP contribution in [0.1, 0.15) is 6.42 Å². The maximum atomic E-state index is 12.6. The average Bonchev–Trinajstić information content (AvgIpc) is 3.33. The summed E-state index contributed by atoms with van der Waals surface area (Å²) >= 11 is 0. The molecule has 0 unspecified atom stereocenters. The lowest BCUT2D eigenvalue weighted by Gasteiger charge is -2.37. The molecule has 3 aromatic heterocycles. The van der Waals surface area contributed by atoms with Crippen LogP contribution in [0, 0.1) is 5.41 Å². The van der Waals surface area contributed by atoms with Gasteiger partial charge in [-0.25, -0.2) is 14.6 Å². The monoisotopic (exact) mass is 340 g/mol. The molecular formula is C15H16N8O2. The van der Waals surface area contributed by atoms with E-state index in [2.05, 4.69) is 30.3 Å². The number of aromatic amines is 1. The highest BCUT2D eigenvalue weighted by Gasteiger charge is 2.44. The van der Waals surface area contributed by atoms with Crippen molar-refractivity contribution in [3.05, 3.63) is 41.3 Å². The van der Waals surface area contributed by atoms with Crippen molar-refractivity contribution in [2.75, 3.05) is 31.2 Å². The summed E-state index contributed by atoms with van der Waals surface area (Å²) in [6, 6.07) is 1.82. The van der Waals surface area contributed by atoms with Crippen LogP contribution >= 0.6 is 0 Å². The number of nitrogens with one attached hydrogen (secondary N) is 1. The van der Waals surface area contributed by atoms with Gasteiger partial charge in [-0.15, -0.1) is 5.10 Å². The quantitative estimate of drug-likeness (QED) is 0.701. The molecule has 0 bridgehead atoms. The Hall–Kier alpha value is -3.01. The number of nitrogens with zero attached hydrogens (tertiary/aromatic N) is 7. The molecule has 0 radical (unpaired) electrons. The van der Waals surface area contributed by atoms with Crippen molar-refractivity contribution in [3.63, 3.8) is 0 Å². The van der Waals surface area contributed by atoms with E-state index in [1.165, 1.54) is 21.9 Å². The summed E-state index contributed by atoms with van der Waals surface area (Å²) in [6.07, 6.45) is 7.30. The first kappa shape index (κ1) is 14.3. The molecule has 5 heterocycles. The minimum Gasteiger partial charge on any atom is -0.380 e. The molecule has 25 heavy (non-hydrogen) atoms. The Morgan fingerprint density at radius 3 is 2.84 bits per heavy atom. The van der Waals surface area contributed by atoms with E-state index in [1.54, 1.807) is 12.4 Å². The molecule has 0 saturated carbocycles. The predicted molar refractivity (Wildman–Crippen MR) is 87.0 cm³/mol. The topological polar surface area (TPSA) is 107 Å². The summed E-state index contributed by atoms with van der Waals surface area (Å²) in [7, 11) is 0. The van der Waals surface area contributed by atoms with Crippen LogP contribution in [-0.4, -0.2) is 61.0 Å². The summed E-state index contributed by atoms with van der Waals surface area (Å²) in [5.41, 5.74) is 0.402. The number of hydrogen-bond donors (Lipinski definition) is 1. The second-order valence-electron chi connectivity index (χ2n) is 6.55. The molecule has 0 atom stereocenters. The second kappa shape index (κ2) is 5.24. The molecule has 2 fully saturated rings. The Morgan fingerprint density at radius 2 is 2.12 bits per heavy atom. The van der Waals surface area contributed by atoms with Crippen LogP contribution in [0.25, 0.3) is 11.5 Å². The van der Waals surface area contributed by atoms with Crippen molar-refractivity contribution in [2.45, 2.75) is 6.42 Å². The molecule has 10 heteroatoms. The van der Waals surface area contributed by atoms with Gasteiger partial charge in [0.2, 0.25) is 0 Å². The van der Waals surface area contributed by atoms with Crippen molar-refractivity contribution >= 4 is 5.82 Å². The molecule has 2 aliphatic rings. The minimum atomic E-state index is -0.250. The molecule has 3 aromatic rings. The van der Waals surface area contributed by atoms with Crippen molar-refractivity contribution in [1.82, 2.24) is 34.7 Å². The summed E-state index contributed by atoms with van der Waals surface area (Å²) in [5, 5.41) is 10.5. The zero-order valence-corrected chi connectivity index (χ0v) is 13.4. The third kappa shape index (κ3) is 2.25. The van der Waals surface area contributed by atoms with Crippen molar-refractivity contribution < 1.29 is 4.74 Å². The first-order valence-electron chi connectivity index (χ1n) is 8.06. The standard InChI is InChI=1S/C15H16N8O2/c24-14-11(22-4-2-18-20-22)6-19-23(14)13-5-12(16-10-17-13)21-3-1-15(7-21)8-25-9-15/h2,4-6,10,19H,1,3,7-9H2. The number of ether oxygens (including phenoxy) is 1. The van der Waals surface area contributed by atoms with Gasteiger partial charge in [0, 0.05) is 24.6 Å². The fourth-order valence-corrected chi connectivity index (χ4v) is 3.42. The molecule has 1 N–H and O–H groups in total. The van der Waals surface area contributed by atoms with Gasteiger partial charge in [0.15, 0.2) is 11.5 Å². The van der Waals surface area contributed by atoms with Crippen molar-refractivity contribution in [3.8, 4) is 11.5 Å². The van der Waals surface area contributed by atoms with Gasteiger partial charge in [0.25, 0.3) is 5.56 Å². The summed E-state index contributed by atoms with van der Waals surface area (Å²) in [5.74, 6) is 1.31. The molecule has 2 saturated heterocycles. The van der Waals surface area contributed by atoms with Crippen LogP contribution in [0.2, 0.25) is 0 Å². The van der Waals surface area contributed by atoms with Gasteiger partial charge in [0.05, 0.1) is 31.8 Å². The van der Waals surface area contributed by atoms with E-state index in [9.17, 15) is 4.79 Å². The molecule has 128 valence electrons. The largest absolute Gasteiger partial charge is 0.380 e. The fraction of sp³-hybridized carbons (Fsp3) is 0.400. The fourth-order valence-electron chi connectivity index (χ4n) is 3.42. The lowest BCUT2D eigenvalue weighted by Crippen LogP contribution is -2.44. The van der Waals surface area contributed by atoms with E-state index in [4.69, 9.17) is 4.74 Å². The van der Waals surface area contributed by atoms with E-state index < -0.39 is 0 Å². The molecule has 2 aliphatic heterocycles. The maximum Gasteiger partial charge on any atom is 0.298 e. The lowest BCUT2D eigenvalue weighted by atomic mass is 9.85. The Kier molecular flexibility index (Phi) is 3.01. The van der Waals surface area contributed by atoms with Gasteiger partial charge >= 0.3 is 0 Å². The first-order valence-corrected chi connectivity index (χ1v) is 8.06. The molecule has 1 spiro atoms. The van der Waals surface area contributed by atoms with E-state index in [1.807, 2.05) is 6.07 Å².